The van der Waals surface area contributed by atoms with Crippen LogP contribution in [0.3, 0.4) is 0 Å². The Balaban J connectivity index is 0.00000341. The van der Waals surface area contributed by atoms with Gasteiger partial charge in [0.1, 0.15) is 5.75 Å². The number of benzene rings is 1. The van der Waals surface area contributed by atoms with Crippen molar-refractivity contribution in [3.05, 3.63) is 53.7 Å². The van der Waals surface area contributed by atoms with Gasteiger partial charge in [-0.25, -0.2) is 9.98 Å². The number of likely N-dealkylation sites (tertiary alicyclic amines) is 1. The summed E-state index contributed by atoms with van der Waals surface area (Å²) in [6, 6.07) is 12.4. The Labute approximate surface area is 202 Å². The van der Waals surface area contributed by atoms with Gasteiger partial charge in [-0.2, -0.15) is 0 Å². The second kappa shape index (κ2) is 13.4. The fourth-order valence-electron chi connectivity index (χ4n) is 3.80. The number of para-hydroxylation sites is 1. The van der Waals surface area contributed by atoms with Gasteiger partial charge in [0, 0.05) is 30.9 Å². The van der Waals surface area contributed by atoms with Crippen LogP contribution in [0.4, 0.5) is 0 Å². The number of hydrogen-bond donors (Lipinski definition) is 2. The molecule has 1 aliphatic heterocycles. The first-order valence-corrected chi connectivity index (χ1v) is 10.6. The maximum absolute atomic E-state index is 5.65. The molecule has 2 N–H and O–H groups in total. The molecule has 0 bridgehead atoms. The molecule has 2 heterocycles. The maximum atomic E-state index is 5.65. The molecule has 0 amide bonds. The highest BCUT2D eigenvalue weighted by Crippen LogP contribution is 2.31. The minimum Gasteiger partial charge on any atom is -0.496 e. The van der Waals surface area contributed by atoms with E-state index in [0.717, 1.165) is 43.5 Å². The smallest absolute Gasteiger partial charge is 0.213 e. The van der Waals surface area contributed by atoms with Crippen LogP contribution in [-0.2, 0) is 6.54 Å². The van der Waals surface area contributed by atoms with Crippen LogP contribution in [0.2, 0.25) is 0 Å². The number of pyridine rings is 1. The van der Waals surface area contributed by atoms with Gasteiger partial charge in [0.2, 0.25) is 5.88 Å². The van der Waals surface area contributed by atoms with Crippen molar-refractivity contribution in [2.75, 3.05) is 40.4 Å². The molecule has 8 heteroatoms. The highest BCUT2D eigenvalue weighted by atomic mass is 127. The lowest BCUT2D eigenvalue weighted by Gasteiger charge is -2.30. The first kappa shape index (κ1) is 25.2. The molecule has 3 rings (SSSR count). The number of hydrogen-bond acceptors (Lipinski definition) is 5. The van der Waals surface area contributed by atoms with E-state index in [0.29, 0.717) is 12.4 Å². The Kier molecular flexibility index (Phi) is 10.9. The predicted molar refractivity (Wildman–Crippen MR) is 136 cm³/mol. The van der Waals surface area contributed by atoms with Crippen LogP contribution in [0, 0.1) is 0 Å². The van der Waals surface area contributed by atoms with E-state index in [2.05, 4.69) is 39.6 Å². The summed E-state index contributed by atoms with van der Waals surface area (Å²) >= 11 is 0. The van der Waals surface area contributed by atoms with E-state index in [9.17, 15) is 0 Å². The quantitative estimate of drug-likeness (QED) is 0.288. The van der Waals surface area contributed by atoms with Crippen molar-refractivity contribution in [2.45, 2.75) is 32.4 Å². The van der Waals surface area contributed by atoms with Crippen molar-refractivity contribution < 1.29 is 9.47 Å². The van der Waals surface area contributed by atoms with Crippen LogP contribution < -0.4 is 20.1 Å². The second-order valence-electron chi connectivity index (χ2n) is 7.28. The van der Waals surface area contributed by atoms with Gasteiger partial charge in [-0.3, -0.25) is 4.90 Å². The Morgan fingerprint density at radius 2 is 1.90 bits per heavy atom. The fraction of sp³-hybridized carbons (Fsp3) is 0.478. The van der Waals surface area contributed by atoms with Crippen molar-refractivity contribution in [3.8, 4) is 11.6 Å². The molecule has 31 heavy (non-hydrogen) atoms. The topological polar surface area (TPSA) is 71.0 Å². The third-order valence-corrected chi connectivity index (χ3v) is 5.31. The average molecular weight is 539 g/mol. The van der Waals surface area contributed by atoms with E-state index in [4.69, 9.17) is 14.5 Å². The normalized spacial score (nSPS) is 15.1. The fourth-order valence-corrected chi connectivity index (χ4v) is 3.80. The van der Waals surface area contributed by atoms with Crippen LogP contribution >= 0.6 is 24.0 Å². The molecular formula is C23H34IN5O2. The summed E-state index contributed by atoms with van der Waals surface area (Å²) in [7, 11) is 3.36. The van der Waals surface area contributed by atoms with E-state index in [1.807, 2.05) is 24.3 Å². The lowest BCUT2D eigenvalue weighted by Crippen LogP contribution is -2.42. The second-order valence-corrected chi connectivity index (χ2v) is 7.28. The third-order valence-electron chi connectivity index (χ3n) is 5.31. The van der Waals surface area contributed by atoms with Crippen molar-refractivity contribution in [1.82, 2.24) is 20.5 Å². The molecule has 1 aromatic heterocycles. The summed E-state index contributed by atoms with van der Waals surface area (Å²) < 4.78 is 10.9. The van der Waals surface area contributed by atoms with E-state index in [-0.39, 0.29) is 30.0 Å². The van der Waals surface area contributed by atoms with Gasteiger partial charge in [-0.05, 0) is 50.6 Å². The highest BCUT2D eigenvalue weighted by Gasteiger charge is 2.26. The summed E-state index contributed by atoms with van der Waals surface area (Å²) in [4.78, 5) is 11.4. The molecule has 1 atom stereocenters. The van der Waals surface area contributed by atoms with Gasteiger partial charge >= 0.3 is 0 Å². The highest BCUT2D eigenvalue weighted by molar-refractivity contribution is 14.0. The molecule has 1 saturated heterocycles. The number of methoxy groups -OCH3 is 2. The van der Waals surface area contributed by atoms with E-state index >= 15 is 0 Å². The van der Waals surface area contributed by atoms with Gasteiger partial charge in [0.25, 0.3) is 0 Å². The van der Waals surface area contributed by atoms with Crippen LogP contribution in [0.25, 0.3) is 0 Å². The zero-order valence-corrected chi connectivity index (χ0v) is 21.0. The van der Waals surface area contributed by atoms with E-state index in [1.54, 1.807) is 20.4 Å². The van der Waals surface area contributed by atoms with Crippen molar-refractivity contribution >= 4 is 29.9 Å². The number of nitrogens with one attached hydrogen (secondary N) is 2. The van der Waals surface area contributed by atoms with Gasteiger partial charge in [0.15, 0.2) is 5.96 Å². The predicted octanol–water partition coefficient (Wildman–Crippen LogP) is 3.61. The molecule has 1 aliphatic rings. The maximum Gasteiger partial charge on any atom is 0.213 e. The molecule has 2 aromatic rings. The molecule has 1 aromatic carbocycles. The summed E-state index contributed by atoms with van der Waals surface area (Å²) in [5.74, 6) is 2.33. The number of aromatic nitrogens is 1. The summed E-state index contributed by atoms with van der Waals surface area (Å²) in [6.07, 6.45) is 4.22. The van der Waals surface area contributed by atoms with Gasteiger partial charge in [-0.15, -0.1) is 24.0 Å². The Hall–Kier alpha value is -2.07. The van der Waals surface area contributed by atoms with E-state index in [1.165, 1.54) is 18.4 Å². The molecule has 0 aliphatic carbocycles. The van der Waals surface area contributed by atoms with Crippen LogP contribution in [0.15, 0.2) is 47.6 Å². The molecule has 170 valence electrons. The lowest BCUT2D eigenvalue weighted by atomic mass is 10.0. The number of ether oxygens (including phenoxy) is 2. The minimum absolute atomic E-state index is 0. The van der Waals surface area contributed by atoms with Crippen LogP contribution in [-0.4, -0.2) is 56.2 Å². The van der Waals surface area contributed by atoms with Gasteiger partial charge in [-0.1, -0.05) is 18.2 Å². The van der Waals surface area contributed by atoms with Crippen molar-refractivity contribution in [2.24, 2.45) is 4.99 Å². The van der Waals surface area contributed by atoms with Gasteiger partial charge < -0.3 is 20.1 Å². The summed E-state index contributed by atoms with van der Waals surface area (Å²) in [6.45, 7) is 6.40. The van der Waals surface area contributed by atoms with Crippen LogP contribution in [0.1, 0.15) is 36.9 Å². The third kappa shape index (κ3) is 7.24. The van der Waals surface area contributed by atoms with Crippen molar-refractivity contribution in [3.63, 3.8) is 0 Å². The van der Waals surface area contributed by atoms with E-state index < -0.39 is 0 Å². The van der Waals surface area contributed by atoms with Crippen molar-refractivity contribution in [1.29, 1.82) is 0 Å². The summed E-state index contributed by atoms with van der Waals surface area (Å²) in [5.41, 5.74) is 2.27. The first-order chi connectivity index (χ1) is 14.7. The molecule has 0 spiro atoms. The zero-order chi connectivity index (χ0) is 21.2. The number of guanidine groups is 1. The molecular weight excluding hydrogens is 505 g/mol. The lowest BCUT2D eigenvalue weighted by molar-refractivity contribution is 0.239. The van der Waals surface area contributed by atoms with Crippen LogP contribution in [0.5, 0.6) is 11.6 Å². The Morgan fingerprint density at radius 3 is 2.61 bits per heavy atom. The molecule has 0 saturated carbocycles. The first-order valence-electron chi connectivity index (χ1n) is 10.6. The minimum atomic E-state index is 0. The molecule has 1 fully saturated rings. The monoisotopic (exact) mass is 539 g/mol. The SMILES string of the molecule is CCNC(=NCc1ccnc(OC)c1)NCC(c1ccccc1OC)N1CCCC1.I. The summed E-state index contributed by atoms with van der Waals surface area (Å²) in [5, 5.41) is 6.89. The average Bonchev–Trinajstić information content (AvgIpc) is 3.32. The largest absolute Gasteiger partial charge is 0.496 e. The number of nitrogens with zero attached hydrogens (tertiary/aromatic N) is 3. The molecule has 7 nitrogen and oxygen atoms in total. The number of rotatable bonds is 9. The number of halogens is 1. The molecule has 0 radical (unpaired) electrons. The number of aliphatic imine (C=N–C) groups is 1. The van der Waals surface area contributed by atoms with Gasteiger partial charge in [0.05, 0.1) is 26.8 Å². The Morgan fingerprint density at radius 1 is 1.13 bits per heavy atom. The Bertz CT molecular complexity index is 827. The molecule has 1 unspecified atom stereocenters. The zero-order valence-electron chi connectivity index (χ0n) is 18.6. The standard InChI is InChI=1S/C23H33N5O2.HI/c1-4-24-23(26-16-18-11-12-25-22(15-18)30-3)27-17-20(28-13-7-8-14-28)19-9-5-6-10-21(19)29-2;/h5-6,9-12,15,20H,4,7-8,13-14,16-17H2,1-3H3,(H2,24,26,27);1H.